The lowest BCUT2D eigenvalue weighted by Gasteiger charge is -2.39. The lowest BCUT2D eigenvalue weighted by molar-refractivity contribution is -0.143. The summed E-state index contributed by atoms with van der Waals surface area (Å²) in [6, 6.07) is 0.123. The zero-order valence-corrected chi connectivity index (χ0v) is 21.8. The van der Waals surface area contributed by atoms with Gasteiger partial charge in [0.2, 0.25) is 5.91 Å². The first-order valence-electron chi connectivity index (χ1n) is 13.2. The quantitative estimate of drug-likeness (QED) is 0.429. The van der Waals surface area contributed by atoms with Gasteiger partial charge in [-0.2, -0.15) is 0 Å². The molecule has 0 saturated heterocycles. The Hall–Kier alpha value is -2.63. The maximum Gasteiger partial charge on any atom is 0.335 e. The average Bonchev–Trinajstić information content (AvgIpc) is 3.47. The first-order chi connectivity index (χ1) is 16.8. The maximum absolute atomic E-state index is 13.3. The molecule has 6 nitrogen and oxygen atoms in total. The van der Waals surface area contributed by atoms with E-state index in [4.69, 9.17) is 0 Å². The summed E-state index contributed by atoms with van der Waals surface area (Å²) in [4.78, 5) is 37.6. The molecule has 0 heterocycles. The third-order valence-corrected chi connectivity index (χ3v) is 7.84. The highest BCUT2D eigenvalue weighted by Crippen LogP contribution is 2.49. The fraction of sp³-hybridized carbons (Fsp3) is 0.621. The summed E-state index contributed by atoms with van der Waals surface area (Å²) in [5.41, 5.74) is 1.72. The van der Waals surface area contributed by atoms with Crippen molar-refractivity contribution < 1.29 is 24.6 Å². The Kier molecular flexibility index (Phi) is 10.5. The van der Waals surface area contributed by atoms with E-state index in [2.05, 4.69) is 32.3 Å². The Labute approximate surface area is 210 Å². The molecule has 7 unspecified atom stereocenters. The molecule has 3 N–H and O–H groups in total. The van der Waals surface area contributed by atoms with Crippen LogP contribution in [0, 0.1) is 35.5 Å². The van der Waals surface area contributed by atoms with Crippen molar-refractivity contribution >= 4 is 17.8 Å². The average molecular weight is 486 g/mol. The normalized spacial score (nSPS) is 33.4. The van der Waals surface area contributed by atoms with Crippen molar-refractivity contribution in [2.75, 3.05) is 0 Å². The van der Waals surface area contributed by atoms with Gasteiger partial charge >= 0.3 is 11.9 Å². The predicted molar refractivity (Wildman–Crippen MR) is 139 cm³/mol. The van der Waals surface area contributed by atoms with Crippen molar-refractivity contribution in [2.45, 2.75) is 78.7 Å². The van der Waals surface area contributed by atoms with E-state index in [0.29, 0.717) is 17.4 Å². The van der Waals surface area contributed by atoms with E-state index in [1.54, 1.807) is 12.2 Å². The van der Waals surface area contributed by atoms with E-state index in [1.807, 2.05) is 19.9 Å². The van der Waals surface area contributed by atoms with E-state index in [9.17, 15) is 24.6 Å². The van der Waals surface area contributed by atoms with Gasteiger partial charge in [0.15, 0.2) is 0 Å². The molecule has 4 rings (SSSR count). The van der Waals surface area contributed by atoms with Crippen molar-refractivity contribution in [1.82, 2.24) is 5.32 Å². The minimum absolute atomic E-state index is 0.123. The highest BCUT2D eigenvalue weighted by Gasteiger charge is 2.47. The molecule has 0 aliphatic heterocycles. The summed E-state index contributed by atoms with van der Waals surface area (Å²) >= 11 is 0. The van der Waals surface area contributed by atoms with Gasteiger partial charge in [0.25, 0.3) is 0 Å². The van der Waals surface area contributed by atoms with E-state index in [1.165, 1.54) is 0 Å². The number of carbonyl (C=O) groups excluding carboxylic acids is 1. The fourth-order valence-corrected chi connectivity index (χ4v) is 6.28. The third-order valence-electron chi connectivity index (χ3n) is 7.84. The number of hydrogen-bond donors (Lipinski definition) is 3. The third kappa shape index (κ3) is 6.33. The Bertz CT molecular complexity index is 886. The lowest BCUT2D eigenvalue weighted by Crippen LogP contribution is -2.46. The molecule has 0 aromatic heterocycles. The van der Waals surface area contributed by atoms with E-state index in [0.717, 1.165) is 44.1 Å². The molecule has 4 aliphatic rings. The molecule has 0 aromatic carbocycles. The molecular formula is C29H43NO5. The monoisotopic (exact) mass is 485 g/mol. The molecular weight excluding hydrogens is 442 g/mol. The van der Waals surface area contributed by atoms with Gasteiger partial charge in [-0.15, -0.1) is 13.2 Å². The minimum atomic E-state index is -1.04. The molecule has 2 fully saturated rings. The highest BCUT2D eigenvalue weighted by molar-refractivity contribution is 5.95. The van der Waals surface area contributed by atoms with Gasteiger partial charge in [0.05, 0.1) is 11.5 Å². The number of rotatable bonds is 5. The van der Waals surface area contributed by atoms with Crippen molar-refractivity contribution in [1.29, 1.82) is 0 Å². The number of nitrogens with one attached hydrogen (secondary N) is 1. The van der Waals surface area contributed by atoms with Crippen molar-refractivity contribution in [2.24, 2.45) is 35.5 Å². The van der Waals surface area contributed by atoms with Crippen molar-refractivity contribution in [3.05, 3.63) is 48.1 Å². The number of hydrogen-bond acceptors (Lipinski definition) is 3. The van der Waals surface area contributed by atoms with Crippen LogP contribution in [0.2, 0.25) is 0 Å². The molecule has 35 heavy (non-hydrogen) atoms. The van der Waals surface area contributed by atoms with Gasteiger partial charge in [-0.3, -0.25) is 9.59 Å². The first-order valence-corrected chi connectivity index (χ1v) is 13.2. The smallest absolute Gasteiger partial charge is 0.335 e. The van der Waals surface area contributed by atoms with Gasteiger partial charge in [-0.25, -0.2) is 4.79 Å². The molecule has 0 bridgehead atoms. The number of amides is 1. The molecule has 0 aromatic rings. The second-order valence-corrected chi connectivity index (χ2v) is 10.1. The Morgan fingerprint density at radius 2 is 1.60 bits per heavy atom. The summed E-state index contributed by atoms with van der Waals surface area (Å²) in [5.74, 6) is -2.90. The zero-order valence-electron chi connectivity index (χ0n) is 21.8. The summed E-state index contributed by atoms with van der Waals surface area (Å²) < 4.78 is 0. The van der Waals surface area contributed by atoms with Crippen LogP contribution < -0.4 is 5.32 Å². The van der Waals surface area contributed by atoms with Gasteiger partial charge in [-0.05, 0) is 67.4 Å². The largest absolute Gasteiger partial charge is 0.481 e. The summed E-state index contributed by atoms with van der Waals surface area (Å²) in [6.07, 6.45) is 11.4. The van der Waals surface area contributed by atoms with Crippen LogP contribution in [0.25, 0.3) is 0 Å². The molecule has 7 atom stereocenters. The van der Waals surface area contributed by atoms with Gasteiger partial charge in [0.1, 0.15) is 0 Å². The standard InChI is InChI=1S/C25H33NO5.C2H6.C2H4/c1-13-3-5-15(11-13)17-7-9-20(25(30)31)22-18(8-10-19(21(17)22)24(28)29)23(27)26-16-6-4-14(2)12-16;2*1-2/h7,9-10,13-16,18,20,22H,3-6,8,11-12H2,1-2H3,(H,26,27)(H,28,29)(H,30,31);1-2H3;1-2H2. The van der Waals surface area contributed by atoms with Crippen LogP contribution in [0.3, 0.4) is 0 Å². The van der Waals surface area contributed by atoms with Crippen LogP contribution in [-0.2, 0) is 14.4 Å². The Balaban J connectivity index is 0.00000103. The van der Waals surface area contributed by atoms with Crippen molar-refractivity contribution in [3.63, 3.8) is 0 Å². The number of carbonyl (C=O) groups is 3. The fourth-order valence-electron chi connectivity index (χ4n) is 6.28. The second-order valence-electron chi connectivity index (χ2n) is 10.1. The molecule has 194 valence electrons. The van der Waals surface area contributed by atoms with Crippen LogP contribution >= 0.6 is 0 Å². The van der Waals surface area contributed by atoms with Crippen LogP contribution in [-0.4, -0.2) is 34.1 Å². The number of carboxylic acid groups (broad SMARTS) is 2. The highest BCUT2D eigenvalue weighted by atomic mass is 16.4. The summed E-state index contributed by atoms with van der Waals surface area (Å²) in [5, 5.41) is 23.0. The number of carboxylic acids is 2. The first kappa shape index (κ1) is 28.6. The molecule has 4 aliphatic carbocycles. The molecule has 0 spiro atoms. The van der Waals surface area contributed by atoms with E-state index < -0.39 is 29.7 Å². The lowest BCUT2D eigenvalue weighted by atomic mass is 9.64. The SMILES string of the molecule is C=C.CC.CC1CCC(NC(=O)C2CC=C(C(=O)O)C3=C(C4CCC(C)C4)C=CC(C(=O)O)C32)C1. The minimum Gasteiger partial charge on any atom is -0.481 e. The van der Waals surface area contributed by atoms with Crippen molar-refractivity contribution in [3.8, 4) is 0 Å². The predicted octanol–water partition coefficient (Wildman–Crippen LogP) is 5.77. The number of aliphatic carboxylic acids is 2. The van der Waals surface area contributed by atoms with Gasteiger partial charge in [-0.1, -0.05) is 52.3 Å². The zero-order chi connectivity index (χ0) is 26.3. The molecule has 6 heteroatoms. The van der Waals surface area contributed by atoms with Gasteiger partial charge in [0, 0.05) is 17.9 Å². The van der Waals surface area contributed by atoms with Crippen LogP contribution in [0.15, 0.2) is 48.1 Å². The maximum atomic E-state index is 13.3. The Morgan fingerprint density at radius 3 is 2.11 bits per heavy atom. The number of fused-ring (bicyclic) bond motifs is 1. The summed E-state index contributed by atoms with van der Waals surface area (Å²) in [6.45, 7) is 14.4. The molecule has 1 amide bonds. The second kappa shape index (κ2) is 12.9. The van der Waals surface area contributed by atoms with E-state index >= 15 is 0 Å². The molecule has 2 saturated carbocycles. The van der Waals surface area contributed by atoms with E-state index in [-0.39, 0.29) is 29.9 Å². The van der Waals surface area contributed by atoms with Gasteiger partial charge < -0.3 is 15.5 Å². The Morgan fingerprint density at radius 1 is 0.971 bits per heavy atom. The topological polar surface area (TPSA) is 104 Å². The van der Waals surface area contributed by atoms with Crippen LogP contribution in [0.5, 0.6) is 0 Å². The van der Waals surface area contributed by atoms with Crippen LogP contribution in [0.1, 0.15) is 72.6 Å². The summed E-state index contributed by atoms with van der Waals surface area (Å²) in [7, 11) is 0. The molecule has 0 radical (unpaired) electrons. The van der Waals surface area contributed by atoms with Crippen LogP contribution in [0.4, 0.5) is 0 Å². The number of allylic oxidation sites excluding steroid dienone is 3.